The van der Waals surface area contributed by atoms with E-state index in [0.717, 1.165) is 30.8 Å². The van der Waals surface area contributed by atoms with E-state index in [1.807, 2.05) is 12.1 Å². The molecule has 1 heterocycles. The smallest absolute Gasteiger partial charge is 0.142 e. The number of nitrogens with one attached hydrogen (secondary N) is 2. The van der Waals surface area contributed by atoms with Crippen LogP contribution in [0.4, 0.5) is 0 Å². The molecular formula is C13H18N2O. The summed E-state index contributed by atoms with van der Waals surface area (Å²) in [7, 11) is 1.70. The van der Waals surface area contributed by atoms with E-state index < -0.39 is 0 Å². The molecule has 86 valence electrons. The summed E-state index contributed by atoms with van der Waals surface area (Å²) in [4.78, 5) is 3.39. The van der Waals surface area contributed by atoms with Crippen molar-refractivity contribution in [1.29, 1.82) is 0 Å². The van der Waals surface area contributed by atoms with Gasteiger partial charge in [-0.15, -0.1) is 0 Å². The Labute approximate surface area is 95.8 Å². The van der Waals surface area contributed by atoms with Crippen LogP contribution in [0.2, 0.25) is 0 Å². The van der Waals surface area contributed by atoms with Crippen molar-refractivity contribution in [2.45, 2.75) is 19.9 Å². The van der Waals surface area contributed by atoms with Gasteiger partial charge in [0.25, 0.3) is 0 Å². The number of benzene rings is 1. The summed E-state index contributed by atoms with van der Waals surface area (Å²) in [5, 5.41) is 4.58. The van der Waals surface area contributed by atoms with Crippen LogP contribution in [0.5, 0.6) is 5.75 Å². The molecule has 0 saturated carbocycles. The first-order valence-corrected chi connectivity index (χ1v) is 5.70. The van der Waals surface area contributed by atoms with E-state index in [1.54, 1.807) is 7.11 Å². The number of aromatic amines is 1. The van der Waals surface area contributed by atoms with Crippen molar-refractivity contribution in [2.75, 3.05) is 13.7 Å². The Bertz CT molecular complexity index is 462. The molecule has 3 heteroatoms. The third-order valence-corrected chi connectivity index (χ3v) is 2.64. The van der Waals surface area contributed by atoms with Gasteiger partial charge in [-0.25, -0.2) is 0 Å². The summed E-state index contributed by atoms with van der Waals surface area (Å²) >= 11 is 0. The molecular weight excluding hydrogens is 200 g/mol. The number of fused-ring (bicyclic) bond motifs is 1. The minimum Gasteiger partial charge on any atom is -0.495 e. The van der Waals surface area contributed by atoms with Gasteiger partial charge in [-0.1, -0.05) is 19.1 Å². The van der Waals surface area contributed by atoms with E-state index in [4.69, 9.17) is 4.74 Å². The summed E-state index contributed by atoms with van der Waals surface area (Å²) in [5.41, 5.74) is 2.28. The normalized spacial score (nSPS) is 10.9. The Morgan fingerprint density at radius 1 is 1.38 bits per heavy atom. The largest absolute Gasteiger partial charge is 0.495 e. The molecule has 2 aromatic rings. The lowest BCUT2D eigenvalue weighted by molar-refractivity contribution is 0.419. The Kier molecular flexibility index (Phi) is 3.47. The topological polar surface area (TPSA) is 37.0 Å². The number of H-pyrrole nitrogens is 1. The first kappa shape index (κ1) is 11.0. The predicted molar refractivity (Wildman–Crippen MR) is 66.8 cm³/mol. The second-order valence-corrected chi connectivity index (χ2v) is 3.90. The zero-order valence-electron chi connectivity index (χ0n) is 9.84. The minimum atomic E-state index is 0.881. The summed E-state index contributed by atoms with van der Waals surface area (Å²) in [5.74, 6) is 0.902. The molecule has 3 nitrogen and oxygen atoms in total. The molecule has 16 heavy (non-hydrogen) atoms. The van der Waals surface area contributed by atoms with Gasteiger partial charge in [0.1, 0.15) is 5.75 Å². The quantitative estimate of drug-likeness (QED) is 0.757. The molecule has 0 fully saturated rings. The van der Waals surface area contributed by atoms with Gasteiger partial charge in [0, 0.05) is 17.6 Å². The van der Waals surface area contributed by atoms with Crippen molar-refractivity contribution in [2.24, 2.45) is 0 Å². The van der Waals surface area contributed by atoms with Crippen molar-refractivity contribution >= 4 is 10.9 Å². The van der Waals surface area contributed by atoms with Gasteiger partial charge in [-0.2, -0.15) is 0 Å². The molecule has 0 aliphatic rings. The lowest BCUT2D eigenvalue weighted by atomic mass is 10.2. The number of hydrogen-bond donors (Lipinski definition) is 2. The maximum atomic E-state index is 5.31. The van der Waals surface area contributed by atoms with Gasteiger partial charge in [-0.05, 0) is 25.1 Å². The fourth-order valence-electron chi connectivity index (χ4n) is 1.85. The van der Waals surface area contributed by atoms with E-state index in [-0.39, 0.29) is 0 Å². The molecule has 0 amide bonds. The van der Waals surface area contributed by atoms with Crippen LogP contribution < -0.4 is 10.1 Å². The molecule has 1 aromatic heterocycles. The van der Waals surface area contributed by atoms with Gasteiger partial charge < -0.3 is 15.0 Å². The van der Waals surface area contributed by atoms with Crippen molar-refractivity contribution in [3.05, 3.63) is 30.0 Å². The average Bonchev–Trinajstić information content (AvgIpc) is 2.71. The number of ether oxygens (including phenoxy) is 1. The Hall–Kier alpha value is -1.48. The van der Waals surface area contributed by atoms with E-state index in [2.05, 4.69) is 29.4 Å². The number of aromatic nitrogens is 1. The Morgan fingerprint density at radius 2 is 2.25 bits per heavy atom. The molecule has 0 spiro atoms. The van der Waals surface area contributed by atoms with E-state index in [0.29, 0.717) is 0 Å². The van der Waals surface area contributed by atoms with Crippen LogP contribution in [0.25, 0.3) is 10.9 Å². The third-order valence-electron chi connectivity index (χ3n) is 2.64. The van der Waals surface area contributed by atoms with Crippen molar-refractivity contribution < 1.29 is 4.74 Å². The van der Waals surface area contributed by atoms with Crippen LogP contribution in [0.15, 0.2) is 24.3 Å². The van der Waals surface area contributed by atoms with Gasteiger partial charge in [0.05, 0.1) is 12.6 Å². The first-order valence-electron chi connectivity index (χ1n) is 5.70. The minimum absolute atomic E-state index is 0.881. The van der Waals surface area contributed by atoms with Crippen LogP contribution in [0, 0.1) is 0 Å². The maximum Gasteiger partial charge on any atom is 0.142 e. The fraction of sp³-hybridized carbons (Fsp3) is 0.385. The fourth-order valence-corrected chi connectivity index (χ4v) is 1.85. The molecule has 0 radical (unpaired) electrons. The van der Waals surface area contributed by atoms with Gasteiger partial charge in [0.15, 0.2) is 0 Å². The predicted octanol–water partition coefficient (Wildman–Crippen LogP) is 2.68. The van der Waals surface area contributed by atoms with E-state index in [9.17, 15) is 0 Å². The maximum absolute atomic E-state index is 5.31. The molecule has 2 rings (SSSR count). The van der Waals surface area contributed by atoms with E-state index in [1.165, 1.54) is 11.1 Å². The monoisotopic (exact) mass is 218 g/mol. The van der Waals surface area contributed by atoms with Gasteiger partial charge >= 0.3 is 0 Å². The number of para-hydroxylation sites is 1. The van der Waals surface area contributed by atoms with Crippen LogP contribution in [0.1, 0.15) is 19.0 Å². The highest BCUT2D eigenvalue weighted by molar-refractivity contribution is 5.86. The average molecular weight is 218 g/mol. The van der Waals surface area contributed by atoms with Crippen LogP contribution in [0.3, 0.4) is 0 Å². The zero-order valence-corrected chi connectivity index (χ0v) is 9.84. The SMILES string of the molecule is CCCNCc1cc2cccc(OC)c2[nH]1. The van der Waals surface area contributed by atoms with Crippen molar-refractivity contribution in [1.82, 2.24) is 10.3 Å². The van der Waals surface area contributed by atoms with Crippen molar-refractivity contribution in [3.63, 3.8) is 0 Å². The summed E-state index contributed by atoms with van der Waals surface area (Å²) < 4.78 is 5.31. The summed E-state index contributed by atoms with van der Waals surface area (Å²) in [6.07, 6.45) is 1.16. The molecule has 0 atom stereocenters. The number of methoxy groups -OCH3 is 1. The second-order valence-electron chi connectivity index (χ2n) is 3.90. The third kappa shape index (κ3) is 2.19. The highest BCUT2D eigenvalue weighted by Crippen LogP contribution is 2.25. The molecule has 0 aliphatic heterocycles. The zero-order chi connectivity index (χ0) is 11.4. The second kappa shape index (κ2) is 5.03. The van der Waals surface area contributed by atoms with Gasteiger partial charge in [0.2, 0.25) is 0 Å². The molecule has 0 unspecified atom stereocenters. The van der Waals surface area contributed by atoms with Crippen LogP contribution >= 0.6 is 0 Å². The molecule has 0 bridgehead atoms. The Balaban J connectivity index is 2.22. The lowest BCUT2D eigenvalue weighted by Gasteiger charge is -2.01. The lowest BCUT2D eigenvalue weighted by Crippen LogP contribution is -2.13. The van der Waals surface area contributed by atoms with Gasteiger partial charge in [-0.3, -0.25) is 0 Å². The highest BCUT2D eigenvalue weighted by Gasteiger charge is 2.04. The van der Waals surface area contributed by atoms with Crippen LogP contribution in [-0.2, 0) is 6.54 Å². The summed E-state index contributed by atoms with van der Waals surface area (Å²) in [6.45, 7) is 4.10. The number of rotatable bonds is 5. The molecule has 1 aromatic carbocycles. The van der Waals surface area contributed by atoms with E-state index >= 15 is 0 Å². The van der Waals surface area contributed by atoms with Crippen molar-refractivity contribution in [3.8, 4) is 5.75 Å². The standard InChI is InChI=1S/C13H18N2O/c1-3-7-14-9-11-8-10-5-4-6-12(16-2)13(10)15-11/h4-6,8,14-15H,3,7,9H2,1-2H3. The number of hydrogen-bond acceptors (Lipinski definition) is 2. The highest BCUT2D eigenvalue weighted by atomic mass is 16.5. The molecule has 2 N–H and O–H groups in total. The molecule has 0 saturated heterocycles. The Morgan fingerprint density at radius 3 is 3.00 bits per heavy atom. The first-order chi connectivity index (χ1) is 7.85. The summed E-state index contributed by atoms with van der Waals surface area (Å²) in [6, 6.07) is 8.25. The van der Waals surface area contributed by atoms with Crippen LogP contribution in [-0.4, -0.2) is 18.6 Å². The molecule has 0 aliphatic carbocycles.